The molecule has 0 radical (unpaired) electrons. The zero-order valence-electron chi connectivity index (χ0n) is 13.6. The molecule has 0 saturated carbocycles. The van der Waals surface area contributed by atoms with Gasteiger partial charge in [0.2, 0.25) is 0 Å². The summed E-state index contributed by atoms with van der Waals surface area (Å²) < 4.78 is 7.01. The van der Waals surface area contributed by atoms with Gasteiger partial charge in [-0.15, -0.1) is 0 Å². The molecule has 3 rings (SSSR count). The van der Waals surface area contributed by atoms with Crippen molar-refractivity contribution in [2.45, 2.75) is 13.2 Å². The number of hydrogen-bond acceptors (Lipinski definition) is 3. The quantitative estimate of drug-likeness (QED) is 0.277. The Morgan fingerprint density at radius 1 is 0.760 bits per heavy atom. The number of halogens is 1. The Kier molecular flexibility index (Phi) is 6.45. The molecule has 126 valence electrons. The summed E-state index contributed by atoms with van der Waals surface area (Å²) in [5, 5.41) is 4.00. The molecular formula is C21H18INO2. The summed E-state index contributed by atoms with van der Waals surface area (Å²) in [4.78, 5) is 5.31. The minimum atomic E-state index is 0.467. The van der Waals surface area contributed by atoms with Crippen LogP contribution in [0.2, 0.25) is 0 Å². The van der Waals surface area contributed by atoms with Crippen LogP contribution < -0.4 is 4.74 Å². The Morgan fingerprint density at radius 3 is 2.16 bits per heavy atom. The molecule has 0 atom stereocenters. The Morgan fingerprint density at radius 2 is 1.44 bits per heavy atom. The maximum Gasteiger partial charge on any atom is 0.142 e. The van der Waals surface area contributed by atoms with E-state index in [-0.39, 0.29) is 0 Å². The van der Waals surface area contributed by atoms with Crippen LogP contribution in [0.4, 0.5) is 0 Å². The molecule has 0 bridgehead atoms. The van der Waals surface area contributed by atoms with E-state index in [0.717, 1.165) is 22.4 Å². The van der Waals surface area contributed by atoms with E-state index in [1.54, 1.807) is 6.21 Å². The van der Waals surface area contributed by atoms with E-state index in [0.29, 0.717) is 13.2 Å². The predicted molar refractivity (Wildman–Crippen MR) is 109 cm³/mol. The van der Waals surface area contributed by atoms with Gasteiger partial charge >= 0.3 is 0 Å². The summed E-state index contributed by atoms with van der Waals surface area (Å²) in [5.74, 6) is 0.834. The summed E-state index contributed by atoms with van der Waals surface area (Å²) in [7, 11) is 0. The molecule has 0 N–H and O–H groups in total. The monoisotopic (exact) mass is 443 g/mol. The van der Waals surface area contributed by atoms with Crippen molar-refractivity contribution in [3.05, 3.63) is 99.1 Å². The van der Waals surface area contributed by atoms with Crippen LogP contribution in [0.25, 0.3) is 0 Å². The largest absolute Gasteiger partial charge is 0.489 e. The van der Waals surface area contributed by atoms with Gasteiger partial charge in [0.05, 0.1) is 6.21 Å². The molecule has 4 heteroatoms. The molecule has 0 saturated heterocycles. The highest BCUT2D eigenvalue weighted by molar-refractivity contribution is 14.1. The lowest BCUT2D eigenvalue weighted by Crippen LogP contribution is -1.95. The number of oxime groups is 1. The highest BCUT2D eigenvalue weighted by Gasteiger charge is 1.97. The van der Waals surface area contributed by atoms with Gasteiger partial charge in [-0.1, -0.05) is 47.6 Å². The first kappa shape index (κ1) is 17.5. The smallest absolute Gasteiger partial charge is 0.142 e. The van der Waals surface area contributed by atoms with E-state index in [1.807, 2.05) is 54.6 Å². The fourth-order valence-electron chi connectivity index (χ4n) is 2.18. The Labute approximate surface area is 161 Å². The van der Waals surface area contributed by atoms with Crippen molar-refractivity contribution in [2.75, 3.05) is 0 Å². The van der Waals surface area contributed by atoms with E-state index >= 15 is 0 Å². The van der Waals surface area contributed by atoms with Crippen LogP contribution >= 0.6 is 22.6 Å². The third-order valence-electron chi connectivity index (χ3n) is 3.55. The summed E-state index contributed by atoms with van der Waals surface area (Å²) in [6.45, 7) is 1.03. The number of rotatable bonds is 7. The van der Waals surface area contributed by atoms with Gasteiger partial charge in [0.1, 0.15) is 19.0 Å². The molecule has 0 fully saturated rings. The van der Waals surface area contributed by atoms with Crippen LogP contribution in [0.1, 0.15) is 16.7 Å². The first-order valence-corrected chi connectivity index (χ1v) is 9.04. The average Bonchev–Trinajstić information content (AvgIpc) is 2.67. The van der Waals surface area contributed by atoms with Gasteiger partial charge in [-0.2, -0.15) is 0 Å². The highest BCUT2D eigenvalue weighted by atomic mass is 127. The predicted octanol–water partition coefficient (Wildman–Crippen LogP) is 5.42. The van der Waals surface area contributed by atoms with Crippen LogP contribution in [0.15, 0.2) is 84.0 Å². The van der Waals surface area contributed by atoms with E-state index in [2.05, 4.69) is 52.0 Å². The van der Waals surface area contributed by atoms with Crippen LogP contribution in [0.3, 0.4) is 0 Å². The van der Waals surface area contributed by atoms with Gasteiger partial charge in [0.25, 0.3) is 0 Å². The molecule has 0 amide bonds. The van der Waals surface area contributed by atoms with Crippen molar-refractivity contribution < 1.29 is 9.57 Å². The lowest BCUT2D eigenvalue weighted by Gasteiger charge is -2.06. The first-order chi connectivity index (χ1) is 12.3. The van der Waals surface area contributed by atoms with Gasteiger partial charge in [-0.3, -0.25) is 0 Å². The highest BCUT2D eigenvalue weighted by Crippen LogP contribution is 2.14. The van der Waals surface area contributed by atoms with Gasteiger partial charge in [0, 0.05) is 3.57 Å². The van der Waals surface area contributed by atoms with Gasteiger partial charge in [0.15, 0.2) is 0 Å². The molecule has 3 aromatic carbocycles. The minimum Gasteiger partial charge on any atom is -0.489 e. The lowest BCUT2D eigenvalue weighted by molar-refractivity contribution is 0.132. The molecule has 0 aromatic heterocycles. The Bertz CT molecular complexity index is 800. The van der Waals surface area contributed by atoms with Crippen molar-refractivity contribution in [3.63, 3.8) is 0 Å². The number of nitrogens with zero attached hydrogens (tertiary/aromatic N) is 1. The molecule has 3 nitrogen and oxygen atoms in total. The molecule has 3 aromatic rings. The molecule has 0 unspecified atom stereocenters. The first-order valence-electron chi connectivity index (χ1n) is 7.96. The van der Waals surface area contributed by atoms with Crippen molar-refractivity contribution >= 4 is 28.8 Å². The maximum atomic E-state index is 5.79. The van der Waals surface area contributed by atoms with Crippen molar-refractivity contribution in [3.8, 4) is 5.75 Å². The van der Waals surface area contributed by atoms with E-state index in [1.165, 1.54) is 3.57 Å². The molecule has 0 heterocycles. The van der Waals surface area contributed by atoms with Crippen molar-refractivity contribution in [1.82, 2.24) is 0 Å². The van der Waals surface area contributed by atoms with Gasteiger partial charge in [-0.05, 0) is 75.7 Å². The second-order valence-corrected chi connectivity index (χ2v) is 6.72. The second kappa shape index (κ2) is 9.22. The third kappa shape index (κ3) is 5.90. The van der Waals surface area contributed by atoms with E-state index in [4.69, 9.17) is 9.57 Å². The van der Waals surface area contributed by atoms with Gasteiger partial charge in [-0.25, -0.2) is 0 Å². The topological polar surface area (TPSA) is 30.8 Å². The molecule has 25 heavy (non-hydrogen) atoms. The maximum absolute atomic E-state index is 5.79. The Balaban J connectivity index is 1.46. The zero-order chi connectivity index (χ0) is 17.3. The second-order valence-electron chi connectivity index (χ2n) is 5.48. The molecule has 0 aliphatic rings. The fourth-order valence-corrected chi connectivity index (χ4v) is 2.54. The average molecular weight is 443 g/mol. The SMILES string of the molecule is Ic1ccc(COc2ccc(/C=N/OCc3ccccc3)cc2)cc1. The normalized spacial score (nSPS) is 10.8. The standard InChI is InChI=1S/C21H18INO2/c22-20-10-6-19(7-11-20)15-24-21-12-8-17(9-13-21)14-23-25-16-18-4-2-1-3-5-18/h1-14H,15-16H2/b23-14+. The minimum absolute atomic E-state index is 0.467. The third-order valence-corrected chi connectivity index (χ3v) is 4.27. The summed E-state index contributed by atoms with van der Waals surface area (Å²) in [6.07, 6.45) is 1.70. The summed E-state index contributed by atoms with van der Waals surface area (Å²) >= 11 is 2.29. The summed E-state index contributed by atoms with van der Waals surface area (Å²) in [6, 6.07) is 26.1. The van der Waals surface area contributed by atoms with Crippen molar-refractivity contribution in [2.24, 2.45) is 5.16 Å². The van der Waals surface area contributed by atoms with Crippen LogP contribution in [0, 0.1) is 3.57 Å². The Hall–Kier alpha value is -2.34. The summed E-state index contributed by atoms with van der Waals surface area (Å²) in [5.41, 5.74) is 3.22. The fraction of sp³-hybridized carbons (Fsp3) is 0.0952. The number of hydrogen-bond donors (Lipinski definition) is 0. The van der Waals surface area contributed by atoms with E-state index < -0.39 is 0 Å². The molecular weight excluding hydrogens is 425 g/mol. The molecule has 0 aliphatic heterocycles. The van der Waals surface area contributed by atoms with E-state index in [9.17, 15) is 0 Å². The number of benzene rings is 3. The zero-order valence-corrected chi connectivity index (χ0v) is 15.8. The molecule has 0 aliphatic carbocycles. The van der Waals surface area contributed by atoms with Crippen LogP contribution in [0.5, 0.6) is 5.75 Å². The van der Waals surface area contributed by atoms with Crippen molar-refractivity contribution in [1.29, 1.82) is 0 Å². The van der Waals surface area contributed by atoms with Gasteiger partial charge < -0.3 is 9.57 Å². The molecule has 0 spiro atoms. The van der Waals surface area contributed by atoms with Crippen LogP contribution in [-0.4, -0.2) is 6.21 Å². The van der Waals surface area contributed by atoms with Crippen LogP contribution in [-0.2, 0) is 18.1 Å². The lowest BCUT2D eigenvalue weighted by atomic mass is 10.2. The number of ether oxygens (including phenoxy) is 1.